The van der Waals surface area contributed by atoms with Crippen LogP contribution in [0.5, 0.6) is 0 Å². The first-order valence-corrected chi connectivity index (χ1v) is 10.2. The standard InChI is InChI=1S/C20H32N8O/c1-16-25-26-19(27(16)2)15-23-20(22-11-6-14-29-3)24-17-8-12-28(13-9-17)18-7-4-5-10-21-18/h4-5,7,10,17H,6,8-9,11-15H2,1-3H3,(H2,22,23,24). The highest BCUT2D eigenvalue weighted by Crippen LogP contribution is 2.17. The molecule has 0 unspecified atom stereocenters. The van der Waals surface area contributed by atoms with Crippen LogP contribution in [-0.4, -0.2) is 65.1 Å². The van der Waals surface area contributed by atoms with Gasteiger partial charge in [0.05, 0.1) is 0 Å². The number of rotatable bonds is 8. The van der Waals surface area contributed by atoms with Gasteiger partial charge in [0, 0.05) is 52.6 Å². The van der Waals surface area contributed by atoms with E-state index < -0.39 is 0 Å². The van der Waals surface area contributed by atoms with Gasteiger partial charge < -0.3 is 24.8 Å². The van der Waals surface area contributed by atoms with Crippen molar-refractivity contribution in [3.05, 3.63) is 36.0 Å². The van der Waals surface area contributed by atoms with Crippen LogP contribution in [0.25, 0.3) is 0 Å². The molecule has 0 atom stereocenters. The summed E-state index contributed by atoms with van der Waals surface area (Å²) in [5.74, 6) is 3.61. The molecule has 0 spiro atoms. The third-order valence-corrected chi connectivity index (χ3v) is 5.19. The SMILES string of the molecule is COCCCNC(=NCc1nnc(C)n1C)NC1CCN(c2ccccn2)CC1. The van der Waals surface area contributed by atoms with Crippen LogP contribution < -0.4 is 15.5 Å². The highest BCUT2D eigenvalue weighted by atomic mass is 16.5. The second kappa shape index (κ2) is 10.8. The minimum absolute atomic E-state index is 0.380. The first-order chi connectivity index (χ1) is 14.2. The van der Waals surface area contributed by atoms with Gasteiger partial charge in [-0.15, -0.1) is 10.2 Å². The summed E-state index contributed by atoms with van der Waals surface area (Å²) < 4.78 is 7.11. The lowest BCUT2D eigenvalue weighted by molar-refractivity contribution is 0.195. The van der Waals surface area contributed by atoms with E-state index in [2.05, 4.69) is 36.8 Å². The number of methoxy groups -OCH3 is 1. The number of anilines is 1. The largest absolute Gasteiger partial charge is 0.385 e. The molecule has 0 amide bonds. The molecule has 1 aliphatic heterocycles. The minimum Gasteiger partial charge on any atom is -0.385 e. The number of nitrogens with zero attached hydrogens (tertiary/aromatic N) is 6. The molecule has 0 aliphatic carbocycles. The van der Waals surface area contributed by atoms with E-state index >= 15 is 0 Å². The molecule has 2 N–H and O–H groups in total. The van der Waals surface area contributed by atoms with Crippen LogP contribution in [0.3, 0.4) is 0 Å². The van der Waals surface area contributed by atoms with E-state index in [1.165, 1.54) is 0 Å². The molecule has 29 heavy (non-hydrogen) atoms. The maximum absolute atomic E-state index is 5.14. The topological polar surface area (TPSA) is 92.5 Å². The number of ether oxygens (including phenoxy) is 1. The summed E-state index contributed by atoms with van der Waals surface area (Å²) in [6, 6.07) is 6.44. The molecule has 3 rings (SSSR count). The minimum atomic E-state index is 0.380. The number of aliphatic imine (C=N–C) groups is 1. The number of piperidine rings is 1. The fourth-order valence-corrected chi connectivity index (χ4v) is 3.30. The molecule has 1 saturated heterocycles. The summed E-state index contributed by atoms with van der Waals surface area (Å²) in [6.07, 6.45) is 4.86. The number of nitrogens with one attached hydrogen (secondary N) is 2. The predicted octanol–water partition coefficient (Wildman–Crippen LogP) is 1.26. The Hall–Kier alpha value is -2.68. The molecule has 3 heterocycles. The smallest absolute Gasteiger partial charge is 0.191 e. The average molecular weight is 401 g/mol. The molecule has 1 aliphatic rings. The van der Waals surface area contributed by atoms with Gasteiger partial charge in [0.15, 0.2) is 11.8 Å². The highest BCUT2D eigenvalue weighted by Gasteiger charge is 2.21. The van der Waals surface area contributed by atoms with Gasteiger partial charge >= 0.3 is 0 Å². The summed E-state index contributed by atoms with van der Waals surface area (Å²) >= 11 is 0. The third kappa shape index (κ3) is 6.15. The Kier molecular flexibility index (Phi) is 7.80. The first kappa shape index (κ1) is 21.0. The molecule has 0 bridgehead atoms. The molecule has 2 aromatic rings. The Balaban J connectivity index is 1.56. The van der Waals surface area contributed by atoms with Gasteiger partial charge in [0.1, 0.15) is 18.2 Å². The second-order valence-corrected chi connectivity index (χ2v) is 7.25. The van der Waals surface area contributed by atoms with E-state index in [1.807, 2.05) is 36.9 Å². The zero-order valence-electron chi connectivity index (χ0n) is 17.6. The van der Waals surface area contributed by atoms with E-state index in [0.717, 1.165) is 68.9 Å². The van der Waals surface area contributed by atoms with Crippen molar-refractivity contribution in [3.8, 4) is 0 Å². The van der Waals surface area contributed by atoms with Crippen molar-refractivity contribution in [2.75, 3.05) is 38.3 Å². The first-order valence-electron chi connectivity index (χ1n) is 10.2. The molecular weight excluding hydrogens is 368 g/mol. The van der Waals surface area contributed by atoms with Crippen molar-refractivity contribution >= 4 is 11.8 Å². The lowest BCUT2D eigenvalue weighted by Crippen LogP contribution is -2.49. The van der Waals surface area contributed by atoms with Gasteiger partial charge in [-0.05, 0) is 38.3 Å². The number of aryl methyl sites for hydroxylation is 1. The summed E-state index contributed by atoms with van der Waals surface area (Å²) in [5.41, 5.74) is 0. The van der Waals surface area contributed by atoms with E-state index in [9.17, 15) is 0 Å². The van der Waals surface area contributed by atoms with Crippen LogP contribution >= 0.6 is 0 Å². The molecule has 9 heteroatoms. The molecule has 2 aromatic heterocycles. The molecule has 1 fully saturated rings. The Morgan fingerprint density at radius 3 is 2.76 bits per heavy atom. The van der Waals surface area contributed by atoms with Crippen molar-refractivity contribution in [2.24, 2.45) is 12.0 Å². The van der Waals surface area contributed by atoms with Crippen LogP contribution in [0.15, 0.2) is 29.4 Å². The predicted molar refractivity (Wildman–Crippen MR) is 114 cm³/mol. The summed E-state index contributed by atoms with van der Waals surface area (Å²) in [5, 5.41) is 15.3. The quantitative estimate of drug-likeness (QED) is 0.391. The number of aromatic nitrogens is 4. The second-order valence-electron chi connectivity index (χ2n) is 7.25. The number of hydrogen-bond acceptors (Lipinski definition) is 6. The van der Waals surface area contributed by atoms with Gasteiger partial charge in [-0.1, -0.05) is 6.07 Å². The van der Waals surface area contributed by atoms with Crippen molar-refractivity contribution in [2.45, 2.75) is 38.8 Å². The summed E-state index contributed by atoms with van der Waals surface area (Å²) in [6.45, 7) is 5.93. The van der Waals surface area contributed by atoms with Crippen molar-refractivity contribution in [1.29, 1.82) is 0 Å². The molecule has 0 saturated carbocycles. The maximum Gasteiger partial charge on any atom is 0.191 e. The van der Waals surface area contributed by atoms with Crippen molar-refractivity contribution < 1.29 is 4.74 Å². The Bertz CT molecular complexity index is 768. The lowest BCUT2D eigenvalue weighted by atomic mass is 10.1. The zero-order chi connectivity index (χ0) is 20.5. The van der Waals surface area contributed by atoms with Crippen LogP contribution in [0.1, 0.15) is 30.9 Å². The molecule has 0 radical (unpaired) electrons. The normalized spacial score (nSPS) is 15.6. The Labute approximate surface area is 172 Å². The number of pyridine rings is 1. The van der Waals surface area contributed by atoms with Crippen molar-refractivity contribution in [3.63, 3.8) is 0 Å². The summed E-state index contributed by atoms with van der Waals surface area (Å²) in [4.78, 5) is 11.5. The van der Waals surface area contributed by atoms with Crippen LogP contribution in [0.2, 0.25) is 0 Å². The van der Waals surface area contributed by atoms with Gasteiger partial charge in [-0.25, -0.2) is 9.98 Å². The molecular formula is C20H32N8O. The number of guanidine groups is 1. The van der Waals surface area contributed by atoms with E-state index in [0.29, 0.717) is 12.6 Å². The van der Waals surface area contributed by atoms with Gasteiger partial charge in [0.25, 0.3) is 0 Å². The van der Waals surface area contributed by atoms with E-state index in [1.54, 1.807) is 7.11 Å². The molecule has 0 aromatic carbocycles. The maximum atomic E-state index is 5.14. The zero-order valence-corrected chi connectivity index (χ0v) is 17.6. The van der Waals surface area contributed by atoms with Crippen molar-refractivity contribution in [1.82, 2.24) is 30.4 Å². The lowest BCUT2D eigenvalue weighted by Gasteiger charge is -2.33. The molecule has 158 valence electrons. The monoisotopic (exact) mass is 400 g/mol. The van der Waals surface area contributed by atoms with E-state index in [4.69, 9.17) is 9.73 Å². The van der Waals surface area contributed by atoms with Crippen LogP contribution in [-0.2, 0) is 18.3 Å². The highest BCUT2D eigenvalue weighted by molar-refractivity contribution is 5.80. The summed E-state index contributed by atoms with van der Waals surface area (Å²) in [7, 11) is 3.69. The average Bonchev–Trinajstić information content (AvgIpc) is 3.08. The fraction of sp³-hybridized carbons (Fsp3) is 0.600. The Morgan fingerprint density at radius 1 is 1.28 bits per heavy atom. The third-order valence-electron chi connectivity index (χ3n) is 5.19. The van der Waals surface area contributed by atoms with Gasteiger partial charge in [-0.3, -0.25) is 0 Å². The van der Waals surface area contributed by atoms with Gasteiger partial charge in [-0.2, -0.15) is 0 Å². The van der Waals surface area contributed by atoms with Gasteiger partial charge in [0.2, 0.25) is 0 Å². The van der Waals surface area contributed by atoms with Crippen LogP contribution in [0, 0.1) is 6.92 Å². The van der Waals surface area contributed by atoms with Crippen LogP contribution in [0.4, 0.5) is 5.82 Å². The Morgan fingerprint density at radius 2 is 2.10 bits per heavy atom. The van der Waals surface area contributed by atoms with E-state index in [-0.39, 0.29) is 0 Å². The fourth-order valence-electron chi connectivity index (χ4n) is 3.30. The molecule has 9 nitrogen and oxygen atoms in total. The number of hydrogen-bond donors (Lipinski definition) is 2.